The second-order valence-corrected chi connectivity index (χ2v) is 6.37. The van der Waals surface area contributed by atoms with Crippen molar-refractivity contribution in [3.05, 3.63) is 95.6 Å². The fourth-order valence-corrected chi connectivity index (χ4v) is 2.75. The van der Waals surface area contributed by atoms with Crippen molar-refractivity contribution in [1.82, 2.24) is 0 Å². The summed E-state index contributed by atoms with van der Waals surface area (Å²) in [5.41, 5.74) is 2.73. The molecule has 0 saturated heterocycles. The maximum absolute atomic E-state index is 12.7. The summed E-state index contributed by atoms with van der Waals surface area (Å²) in [5.74, 6) is -0.564. The summed E-state index contributed by atoms with van der Waals surface area (Å²) in [6, 6.07) is 22.5. The predicted octanol–water partition coefficient (Wildman–Crippen LogP) is 4.42. The van der Waals surface area contributed by atoms with Crippen LogP contribution >= 0.6 is 0 Å². The van der Waals surface area contributed by atoms with Crippen LogP contribution in [0, 0.1) is 0 Å². The van der Waals surface area contributed by atoms with E-state index in [4.69, 9.17) is 0 Å². The standard InChI is InChI=1S/C23H20N2O3/c1-16(26)17-11-13-20(14-12-17)24-22(27)18-7-6-8-19(15-18)23(28)25(2)21-9-4-3-5-10-21/h3-15H,1-2H3,(H,24,27). The highest BCUT2D eigenvalue weighted by Gasteiger charge is 2.15. The van der Waals surface area contributed by atoms with Crippen molar-refractivity contribution in [1.29, 1.82) is 0 Å². The molecule has 0 unspecified atom stereocenters. The van der Waals surface area contributed by atoms with Gasteiger partial charge in [-0.15, -0.1) is 0 Å². The van der Waals surface area contributed by atoms with Crippen molar-refractivity contribution >= 4 is 29.0 Å². The number of carbonyl (C=O) groups excluding carboxylic acids is 3. The third-order valence-corrected chi connectivity index (χ3v) is 4.37. The van der Waals surface area contributed by atoms with Gasteiger partial charge in [-0.25, -0.2) is 0 Å². The minimum Gasteiger partial charge on any atom is -0.322 e. The van der Waals surface area contributed by atoms with Crippen molar-refractivity contribution in [2.75, 3.05) is 17.3 Å². The van der Waals surface area contributed by atoms with Gasteiger partial charge in [0.1, 0.15) is 0 Å². The lowest BCUT2D eigenvalue weighted by Gasteiger charge is -2.17. The molecule has 0 aliphatic heterocycles. The Morgan fingerprint density at radius 3 is 2.04 bits per heavy atom. The monoisotopic (exact) mass is 372 g/mol. The summed E-state index contributed by atoms with van der Waals surface area (Å²) in [6.07, 6.45) is 0. The molecule has 0 bridgehead atoms. The number of hydrogen-bond donors (Lipinski definition) is 1. The quantitative estimate of drug-likeness (QED) is 0.674. The van der Waals surface area contributed by atoms with Crippen LogP contribution in [-0.4, -0.2) is 24.6 Å². The van der Waals surface area contributed by atoms with E-state index in [9.17, 15) is 14.4 Å². The molecule has 0 spiro atoms. The Morgan fingerprint density at radius 2 is 1.39 bits per heavy atom. The van der Waals surface area contributed by atoms with E-state index in [1.165, 1.54) is 11.8 Å². The van der Waals surface area contributed by atoms with Gasteiger partial charge in [0.25, 0.3) is 11.8 Å². The van der Waals surface area contributed by atoms with Gasteiger partial charge in [-0.3, -0.25) is 14.4 Å². The summed E-state index contributed by atoms with van der Waals surface area (Å²) < 4.78 is 0. The lowest BCUT2D eigenvalue weighted by Crippen LogP contribution is -2.26. The number of rotatable bonds is 5. The van der Waals surface area contributed by atoms with Gasteiger partial charge in [0, 0.05) is 35.1 Å². The highest BCUT2D eigenvalue weighted by Crippen LogP contribution is 2.17. The number of nitrogens with zero attached hydrogens (tertiary/aromatic N) is 1. The van der Waals surface area contributed by atoms with Crippen LogP contribution < -0.4 is 10.2 Å². The molecule has 140 valence electrons. The number of hydrogen-bond acceptors (Lipinski definition) is 3. The second-order valence-electron chi connectivity index (χ2n) is 6.37. The lowest BCUT2D eigenvalue weighted by molar-refractivity contribution is 0.0990. The SMILES string of the molecule is CC(=O)c1ccc(NC(=O)c2cccc(C(=O)N(C)c3ccccc3)c2)cc1. The van der Waals surface area contributed by atoms with E-state index >= 15 is 0 Å². The molecule has 0 heterocycles. The Hall–Kier alpha value is -3.73. The number of para-hydroxylation sites is 1. The maximum atomic E-state index is 12.7. The van der Waals surface area contributed by atoms with Crippen LogP contribution in [0.5, 0.6) is 0 Å². The first-order chi connectivity index (χ1) is 13.5. The van der Waals surface area contributed by atoms with E-state index in [1.54, 1.807) is 55.6 Å². The van der Waals surface area contributed by atoms with Crippen molar-refractivity contribution in [2.24, 2.45) is 0 Å². The van der Waals surface area contributed by atoms with E-state index in [0.29, 0.717) is 22.4 Å². The Bertz CT molecular complexity index is 1010. The van der Waals surface area contributed by atoms with Crippen LogP contribution in [0.2, 0.25) is 0 Å². The van der Waals surface area contributed by atoms with Crippen LogP contribution in [0.25, 0.3) is 0 Å². The van der Waals surface area contributed by atoms with E-state index in [2.05, 4.69) is 5.32 Å². The molecule has 5 heteroatoms. The molecule has 0 atom stereocenters. The fourth-order valence-electron chi connectivity index (χ4n) is 2.75. The summed E-state index contributed by atoms with van der Waals surface area (Å²) in [4.78, 5) is 38.2. The first-order valence-electron chi connectivity index (χ1n) is 8.81. The Kier molecular flexibility index (Phi) is 5.65. The van der Waals surface area contributed by atoms with Gasteiger partial charge < -0.3 is 10.2 Å². The minimum atomic E-state index is -0.326. The van der Waals surface area contributed by atoms with E-state index in [0.717, 1.165) is 5.69 Å². The van der Waals surface area contributed by atoms with Gasteiger partial charge >= 0.3 is 0 Å². The van der Waals surface area contributed by atoms with Crippen molar-refractivity contribution < 1.29 is 14.4 Å². The Balaban J connectivity index is 1.76. The molecule has 0 saturated carbocycles. The topological polar surface area (TPSA) is 66.5 Å². The smallest absolute Gasteiger partial charge is 0.258 e. The third kappa shape index (κ3) is 4.32. The summed E-state index contributed by atoms with van der Waals surface area (Å²) >= 11 is 0. The number of ketones is 1. The molecule has 3 aromatic carbocycles. The molecule has 0 radical (unpaired) electrons. The second kappa shape index (κ2) is 8.31. The first kappa shape index (κ1) is 19.0. The molecule has 3 aromatic rings. The predicted molar refractivity (Wildman–Crippen MR) is 110 cm³/mol. The van der Waals surface area contributed by atoms with Gasteiger partial charge in [0.15, 0.2) is 5.78 Å². The lowest BCUT2D eigenvalue weighted by atomic mass is 10.1. The van der Waals surface area contributed by atoms with Crippen molar-refractivity contribution in [2.45, 2.75) is 6.92 Å². The highest BCUT2D eigenvalue weighted by molar-refractivity contribution is 6.09. The van der Waals surface area contributed by atoms with Crippen LogP contribution in [0.15, 0.2) is 78.9 Å². The van der Waals surface area contributed by atoms with Crippen LogP contribution in [0.1, 0.15) is 38.0 Å². The zero-order valence-electron chi connectivity index (χ0n) is 15.7. The van der Waals surface area contributed by atoms with Gasteiger partial charge in [-0.05, 0) is 61.5 Å². The van der Waals surface area contributed by atoms with E-state index in [1.807, 2.05) is 30.3 Å². The summed E-state index contributed by atoms with van der Waals surface area (Å²) in [5, 5.41) is 2.78. The number of carbonyl (C=O) groups is 3. The molecule has 0 aromatic heterocycles. The molecule has 2 amide bonds. The average molecular weight is 372 g/mol. The minimum absolute atomic E-state index is 0.0355. The molecular formula is C23H20N2O3. The Labute approximate surface area is 163 Å². The summed E-state index contributed by atoms with van der Waals surface area (Å²) in [7, 11) is 1.70. The number of amides is 2. The van der Waals surface area contributed by atoms with Crippen LogP contribution in [-0.2, 0) is 0 Å². The van der Waals surface area contributed by atoms with Crippen molar-refractivity contribution in [3.63, 3.8) is 0 Å². The van der Waals surface area contributed by atoms with Crippen molar-refractivity contribution in [3.8, 4) is 0 Å². The molecule has 0 aliphatic rings. The zero-order chi connectivity index (χ0) is 20.1. The number of anilines is 2. The molecule has 3 rings (SSSR count). The first-order valence-corrected chi connectivity index (χ1v) is 8.81. The van der Waals surface area contributed by atoms with Crippen LogP contribution in [0.3, 0.4) is 0 Å². The largest absolute Gasteiger partial charge is 0.322 e. The van der Waals surface area contributed by atoms with Gasteiger partial charge in [-0.1, -0.05) is 24.3 Å². The Morgan fingerprint density at radius 1 is 0.750 bits per heavy atom. The van der Waals surface area contributed by atoms with Gasteiger partial charge in [0.2, 0.25) is 0 Å². The third-order valence-electron chi connectivity index (χ3n) is 4.37. The molecule has 28 heavy (non-hydrogen) atoms. The fraction of sp³-hybridized carbons (Fsp3) is 0.0870. The zero-order valence-corrected chi connectivity index (χ0v) is 15.7. The van der Waals surface area contributed by atoms with Gasteiger partial charge in [0.05, 0.1) is 0 Å². The number of nitrogens with one attached hydrogen (secondary N) is 1. The summed E-state index contributed by atoms with van der Waals surface area (Å²) in [6.45, 7) is 1.49. The van der Waals surface area contributed by atoms with Gasteiger partial charge in [-0.2, -0.15) is 0 Å². The molecule has 1 N–H and O–H groups in total. The molecule has 0 fully saturated rings. The normalized spacial score (nSPS) is 10.2. The number of Topliss-reactive ketones (excluding diaryl/α,β-unsaturated/α-hetero) is 1. The van der Waals surface area contributed by atoms with E-state index < -0.39 is 0 Å². The number of benzene rings is 3. The average Bonchev–Trinajstić information content (AvgIpc) is 2.73. The maximum Gasteiger partial charge on any atom is 0.258 e. The molecule has 5 nitrogen and oxygen atoms in total. The van der Waals surface area contributed by atoms with E-state index in [-0.39, 0.29) is 17.6 Å². The van der Waals surface area contributed by atoms with Crippen LogP contribution in [0.4, 0.5) is 11.4 Å². The molecule has 0 aliphatic carbocycles. The molecular weight excluding hydrogens is 352 g/mol. The highest BCUT2D eigenvalue weighted by atomic mass is 16.2.